The zero-order valence-corrected chi connectivity index (χ0v) is 46.2. The summed E-state index contributed by atoms with van der Waals surface area (Å²) < 4.78 is 34.2. The maximum absolute atomic E-state index is 12.7. The predicted molar refractivity (Wildman–Crippen MR) is 289 cm³/mol. The van der Waals surface area contributed by atoms with E-state index in [0.717, 1.165) is 57.8 Å². The Hall–Kier alpha value is -1.77. The van der Waals surface area contributed by atoms with Crippen LogP contribution in [0.15, 0.2) is 36.5 Å². The number of esters is 2. The highest BCUT2D eigenvalue weighted by atomic mass is 31.2. The van der Waals surface area contributed by atoms with Crippen LogP contribution < -0.4 is 0 Å². The van der Waals surface area contributed by atoms with Crippen molar-refractivity contribution in [2.24, 2.45) is 0 Å². The monoisotopic (exact) mass is 981 g/mol. The van der Waals surface area contributed by atoms with Gasteiger partial charge in [0.05, 0.1) is 27.7 Å². The predicted octanol–water partition coefficient (Wildman–Crippen LogP) is 17.6. The molecule has 0 fully saturated rings. The Morgan fingerprint density at radius 1 is 0.456 bits per heavy atom. The lowest BCUT2D eigenvalue weighted by Crippen LogP contribution is -2.37. The van der Waals surface area contributed by atoms with E-state index in [2.05, 4.69) is 50.3 Å². The van der Waals surface area contributed by atoms with Crippen molar-refractivity contribution in [1.82, 2.24) is 0 Å². The second-order valence-corrected chi connectivity index (χ2v) is 22.1. The van der Waals surface area contributed by atoms with Gasteiger partial charge < -0.3 is 18.9 Å². The number of nitrogens with zero attached hydrogens (tertiary/aromatic N) is 1. The number of carbonyl (C=O) groups excluding carboxylic acids is 2. The molecule has 2 unspecified atom stereocenters. The highest BCUT2D eigenvalue weighted by Gasteiger charge is 2.27. The van der Waals surface area contributed by atoms with Crippen molar-refractivity contribution in [2.75, 3.05) is 47.5 Å². The summed E-state index contributed by atoms with van der Waals surface area (Å²) in [6, 6.07) is 0. The molecule has 0 saturated carbocycles. The number of unbranched alkanes of at least 4 members (excludes halogenated alkanes) is 33. The van der Waals surface area contributed by atoms with Crippen molar-refractivity contribution in [3.05, 3.63) is 36.5 Å². The lowest BCUT2D eigenvalue weighted by atomic mass is 10.0. The van der Waals surface area contributed by atoms with Crippen LogP contribution in [0.4, 0.5) is 0 Å². The lowest BCUT2D eigenvalue weighted by Gasteiger charge is -2.24. The Morgan fingerprint density at radius 2 is 0.794 bits per heavy atom. The molecule has 0 amide bonds. The highest BCUT2D eigenvalue weighted by molar-refractivity contribution is 7.47. The summed E-state index contributed by atoms with van der Waals surface area (Å²) in [6.07, 6.45) is 61.6. The van der Waals surface area contributed by atoms with Crippen LogP contribution in [-0.4, -0.2) is 74.9 Å². The molecule has 0 aromatic heterocycles. The van der Waals surface area contributed by atoms with Crippen molar-refractivity contribution in [3.8, 4) is 0 Å². The fourth-order valence-corrected chi connectivity index (χ4v) is 8.94. The second-order valence-electron chi connectivity index (χ2n) is 20.7. The van der Waals surface area contributed by atoms with Gasteiger partial charge in [-0.3, -0.25) is 18.6 Å². The van der Waals surface area contributed by atoms with Gasteiger partial charge in [-0.25, -0.2) is 4.57 Å². The molecule has 0 aliphatic carbocycles. The first kappa shape index (κ1) is 66.2. The van der Waals surface area contributed by atoms with Gasteiger partial charge in [-0.2, -0.15) is 0 Å². The molecule has 0 aromatic rings. The van der Waals surface area contributed by atoms with Crippen LogP contribution in [0.3, 0.4) is 0 Å². The normalized spacial score (nSPS) is 13.6. The molecule has 9 nitrogen and oxygen atoms in total. The number of ether oxygens (including phenoxy) is 2. The molecule has 0 rings (SSSR count). The average Bonchev–Trinajstić information content (AvgIpc) is 3.30. The van der Waals surface area contributed by atoms with Gasteiger partial charge in [0.2, 0.25) is 0 Å². The summed E-state index contributed by atoms with van der Waals surface area (Å²) in [5.74, 6) is -0.801. The van der Waals surface area contributed by atoms with Gasteiger partial charge in [0, 0.05) is 12.8 Å². The molecule has 0 radical (unpaired) electrons. The summed E-state index contributed by atoms with van der Waals surface area (Å²) in [4.78, 5) is 35.1. The Morgan fingerprint density at radius 3 is 1.18 bits per heavy atom. The van der Waals surface area contributed by atoms with Gasteiger partial charge in [-0.05, 0) is 51.4 Å². The smallest absolute Gasteiger partial charge is 0.462 e. The van der Waals surface area contributed by atoms with Crippen LogP contribution in [0.2, 0.25) is 0 Å². The second kappa shape index (κ2) is 50.2. The maximum atomic E-state index is 12.7. The summed E-state index contributed by atoms with van der Waals surface area (Å²) in [6.45, 7) is 4.34. The minimum atomic E-state index is -4.36. The summed E-state index contributed by atoms with van der Waals surface area (Å²) in [5.41, 5.74) is 0. The fraction of sp³-hybridized carbons (Fsp3) is 0.862. The van der Waals surface area contributed by atoms with E-state index in [4.69, 9.17) is 18.5 Å². The molecule has 0 bridgehead atoms. The van der Waals surface area contributed by atoms with E-state index in [9.17, 15) is 19.0 Å². The van der Waals surface area contributed by atoms with Crippen LogP contribution in [0.25, 0.3) is 0 Å². The standard InChI is InChI=1S/C58H110NO8P/c1-6-8-10-12-13-14-15-16-17-18-19-20-21-22-23-24-25-26-27-28-29-30-31-32-33-34-35-36-37-38-39-40-41-42-43-44-45-47-49-51-58(61)67-56(54-64-57(60)50-48-46-11-9-7-2)55-66-68(62,63)65-53-52-59(3,4)5/h15-16,18-19,21-22,56H,6-14,17,20,23-55H2,1-5H3/p+1/b16-15-,19-18-,22-21-. The minimum Gasteiger partial charge on any atom is -0.462 e. The molecule has 0 aliphatic rings. The molecular formula is C58H111NO8P+. The van der Waals surface area contributed by atoms with Gasteiger partial charge in [-0.1, -0.05) is 243 Å². The number of phosphoric acid groups is 1. The van der Waals surface area contributed by atoms with Crippen molar-refractivity contribution >= 4 is 19.8 Å². The number of likely N-dealkylation sites (N-methyl/N-ethyl adjacent to an activating group) is 1. The molecule has 400 valence electrons. The van der Waals surface area contributed by atoms with E-state index in [0.29, 0.717) is 17.4 Å². The molecule has 68 heavy (non-hydrogen) atoms. The first-order valence-electron chi connectivity index (χ1n) is 28.7. The van der Waals surface area contributed by atoms with E-state index >= 15 is 0 Å². The SMILES string of the molecule is CCCCCCC/C=C\C/C=C\C/C=C\CCCCCCCCCCCCCCCCCCCCCCCCCCC(=O)OC(COC(=O)CCCCCCC)COP(=O)(O)OCC[N+](C)(C)C. The number of phosphoric ester groups is 1. The van der Waals surface area contributed by atoms with Gasteiger partial charge in [0.1, 0.15) is 19.8 Å². The van der Waals surface area contributed by atoms with Crippen molar-refractivity contribution in [1.29, 1.82) is 0 Å². The third-order valence-corrected chi connectivity index (χ3v) is 13.7. The Labute approximate surface area is 421 Å². The molecule has 0 aromatic carbocycles. The molecule has 0 spiro atoms. The van der Waals surface area contributed by atoms with Gasteiger partial charge in [0.15, 0.2) is 6.10 Å². The number of hydrogen-bond donors (Lipinski definition) is 1. The largest absolute Gasteiger partial charge is 0.472 e. The number of carbonyl (C=O) groups is 2. The molecule has 1 N–H and O–H groups in total. The Kier molecular flexibility index (Phi) is 48.9. The van der Waals surface area contributed by atoms with Gasteiger partial charge in [0.25, 0.3) is 0 Å². The van der Waals surface area contributed by atoms with Crippen LogP contribution in [0.5, 0.6) is 0 Å². The minimum absolute atomic E-state index is 0.0342. The van der Waals surface area contributed by atoms with Crippen molar-refractivity contribution in [3.63, 3.8) is 0 Å². The van der Waals surface area contributed by atoms with Gasteiger partial charge in [-0.15, -0.1) is 0 Å². The zero-order chi connectivity index (χ0) is 49.9. The molecule has 10 heteroatoms. The number of rotatable bonds is 53. The molecule has 0 heterocycles. The third kappa shape index (κ3) is 53.6. The first-order valence-corrected chi connectivity index (χ1v) is 30.2. The number of allylic oxidation sites excluding steroid dienone is 6. The molecule has 2 atom stereocenters. The van der Waals surface area contributed by atoms with Crippen LogP contribution in [0.1, 0.15) is 271 Å². The fourth-order valence-electron chi connectivity index (χ4n) is 8.20. The lowest BCUT2D eigenvalue weighted by molar-refractivity contribution is -0.870. The maximum Gasteiger partial charge on any atom is 0.472 e. The third-order valence-electron chi connectivity index (χ3n) is 12.7. The van der Waals surface area contributed by atoms with E-state index in [1.165, 1.54) is 180 Å². The molecule has 0 saturated heterocycles. The highest BCUT2D eigenvalue weighted by Crippen LogP contribution is 2.43. The molecular weight excluding hydrogens is 870 g/mol. The Bertz CT molecular complexity index is 1250. The van der Waals surface area contributed by atoms with E-state index in [1.54, 1.807) is 0 Å². The topological polar surface area (TPSA) is 108 Å². The number of hydrogen-bond acceptors (Lipinski definition) is 7. The quantitative estimate of drug-likeness (QED) is 0.0211. The van der Waals surface area contributed by atoms with Crippen LogP contribution in [0, 0.1) is 0 Å². The van der Waals surface area contributed by atoms with E-state index < -0.39 is 26.5 Å². The van der Waals surface area contributed by atoms with E-state index in [1.807, 2.05) is 21.1 Å². The summed E-state index contributed by atoms with van der Waals surface area (Å²) >= 11 is 0. The summed E-state index contributed by atoms with van der Waals surface area (Å²) in [5, 5.41) is 0. The average molecular weight is 981 g/mol. The summed E-state index contributed by atoms with van der Waals surface area (Å²) in [7, 11) is 1.49. The zero-order valence-electron chi connectivity index (χ0n) is 45.4. The van der Waals surface area contributed by atoms with Crippen LogP contribution in [-0.2, 0) is 32.7 Å². The van der Waals surface area contributed by atoms with E-state index in [-0.39, 0.29) is 32.0 Å². The molecule has 0 aliphatic heterocycles. The van der Waals surface area contributed by atoms with Gasteiger partial charge >= 0.3 is 19.8 Å². The number of quaternary nitrogens is 1. The van der Waals surface area contributed by atoms with Crippen LogP contribution >= 0.6 is 7.82 Å². The van der Waals surface area contributed by atoms with Crippen molar-refractivity contribution < 1.29 is 42.1 Å². The Balaban J connectivity index is 3.73. The first-order chi connectivity index (χ1) is 33.0. The van der Waals surface area contributed by atoms with Crippen molar-refractivity contribution in [2.45, 2.75) is 277 Å².